The van der Waals surface area contributed by atoms with Crippen LogP contribution in [-0.2, 0) is 38.1 Å². The summed E-state index contributed by atoms with van der Waals surface area (Å²) in [6, 6.07) is 0. The number of hydrogen-bond acceptors (Lipinski definition) is 14. The summed E-state index contributed by atoms with van der Waals surface area (Å²) >= 11 is 0. The quantitative estimate of drug-likeness (QED) is 0.137. The molecule has 0 radical (unpaired) electrons. The Morgan fingerprint density at radius 1 is 0.512 bits per heavy atom. The monoisotopic (exact) mass is 626 g/mol. The van der Waals surface area contributed by atoms with Crippen molar-refractivity contribution in [3.63, 3.8) is 0 Å². The van der Waals surface area contributed by atoms with Crippen molar-refractivity contribution in [3.05, 3.63) is 0 Å². The van der Waals surface area contributed by atoms with Gasteiger partial charge in [-0.3, -0.25) is 0 Å². The zero-order chi connectivity index (χ0) is 32.9. The zero-order valence-corrected chi connectivity index (χ0v) is 24.5. The number of carboxylic acids is 3. The fraction of sp³-hybridized carbons (Fsp3) is 0.885. The predicted octanol–water partition coefficient (Wildman–Crippen LogP) is -2.90. The summed E-state index contributed by atoms with van der Waals surface area (Å²) in [5, 5.41) is 93.7. The second kappa shape index (κ2) is 12.8. The summed E-state index contributed by atoms with van der Waals surface area (Å²) < 4.78 is 27.0. The molecule has 0 saturated carbocycles. The molecule has 3 heterocycles. The highest BCUT2D eigenvalue weighted by Gasteiger charge is 2.58. The highest BCUT2D eigenvalue weighted by atomic mass is 16.7. The first-order chi connectivity index (χ1) is 19.6. The van der Waals surface area contributed by atoms with Crippen LogP contribution in [0.5, 0.6) is 0 Å². The van der Waals surface area contributed by atoms with Crippen LogP contribution in [0.2, 0.25) is 0 Å². The molecule has 248 valence electrons. The molecular formula is C26H42O17. The molecule has 0 aromatic carbocycles. The van der Waals surface area contributed by atoms with E-state index in [2.05, 4.69) is 0 Å². The highest BCUT2D eigenvalue weighted by molar-refractivity contribution is 5.74. The Hall–Kier alpha value is -2.03. The third-order valence-corrected chi connectivity index (χ3v) is 7.90. The number of aliphatic hydroxyl groups excluding tert-OH is 6. The van der Waals surface area contributed by atoms with Crippen LogP contribution < -0.4 is 0 Å². The van der Waals surface area contributed by atoms with E-state index in [0.717, 1.165) is 0 Å². The van der Waals surface area contributed by atoms with Gasteiger partial charge in [-0.15, -0.1) is 0 Å². The Morgan fingerprint density at radius 2 is 0.884 bits per heavy atom. The van der Waals surface area contributed by atoms with Gasteiger partial charge < -0.3 is 69.6 Å². The molecule has 6 unspecified atom stereocenters. The number of carboxylic acid groups (broad SMARTS) is 3. The Kier molecular flexibility index (Phi) is 10.5. The first-order valence-electron chi connectivity index (χ1n) is 13.6. The molecule has 3 fully saturated rings. The van der Waals surface area contributed by atoms with Gasteiger partial charge in [0.25, 0.3) is 0 Å². The molecule has 9 N–H and O–H groups in total. The van der Waals surface area contributed by atoms with Crippen LogP contribution in [0.4, 0.5) is 0 Å². The number of carbonyl (C=O) groups is 3. The summed E-state index contributed by atoms with van der Waals surface area (Å²) in [6.07, 6.45) is -26.7. The van der Waals surface area contributed by atoms with Crippen LogP contribution >= 0.6 is 0 Å². The Balaban J connectivity index is 1.84. The van der Waals surface area contributed by atoms with E-state index in [1.807, 2.05) is 0 Å². The molecular weight excluding hydrogens is 584 g/mol. The predicted molar refractivity (Wildman–Crippen MR) is 137 cm³/mol. The van der Waals surface area contributed by atoms with E-state index in [1.54, 1.807) is 41.5 Å². The SMILES string of the molecule is CC(C)(C)[C@@H]1C(C(=O)O)O[C@H](O[C@@H]2C(C(=O)O)O[C@H](O[C@@H]3C(C(=O)O)O[C@H](C(C)(C)C)[C@H](O)C3O)[C@H](O)C2O)[C@H](O)C1O. The largest absolute Gasteiger partial charge is 0.479 e. The van der Waals surface area contributed by atoms with Gasteiger partial charge in [0.05, 0.1) is 12.2 Å². The molecule has 3 rings (SSSR count). The van der Waals surface area contributed by atoms with E-state index < -0.39 is 120 Å². The van der Waals surface area contributed by atoms with Gasteiger partial charge in [-0.1, -0.05) is 41.5 Å². The smallest absolute Gasteiger partial charge is 0.335 e. The van der Waals surface area contributed by atoms with Crippen molar-refractivity contribution in [2.75, 3.05) is 0 Å². The number of ether oxygens (including phenoxy) is 5. The molecule has 0 spiro atoms. The van der Waals surface area contributed by atoms with Crippen molar-refractivity contribution in [1.29, 1.82) is 0 Å². The summed E-state index contributed by atoms with van der Waals surface area (Å²) in [5.74, 6) is -6.05. The van der Waals surface area contributed by atoms with E-state index in [0.29, 0.717) is 0 Å². The normalized spacial score (nSPS) is 44.5. The van der Waals surface area contributed by atoms with E-state index in [4.69, 9.17) is 23.7 Å². The molecule has 0 bridgehead atoms. The van der Waals surface area contributed by atoms with Crippen LogP contribution in [0.15, 0.2) is 0 Å². The minimum atomic E-state index is -2.20. The van der Waals surface area contributed by atoms with E-state index in [9.17, 15) is 60.3 Å². The highest BCUT2D eigenvalue weighted by Crippen LogP contribution is 2.41. The lowest BCUT2D eigenvalue weighted by atomic mass is 9.71. The summed E-state index contributed by atoms with van der Waals surface area (Å²) in [6.45, 7) is 9.70. The van der Waals surface area contributed by atoms with E-state index in [1.165, 1.54) is 0 Å². The third kappa shape index (κ3) is 7.12. The zero-order valence-electron chi connectivity index (χ0n) is 24.5. The molecule has 0 aromatic heterocycles. The van der Waals surface area contributed by atoms with Crippen molar-refractivity contribution >= 4 is 17.9 Å². The van der Waals surface area contributed by atoms with Gasteiger partial charge in [-0.25, -0.2) is 14.4 Å². The molecule has 3 aliphatic rings. The van der Waals surface area contributed by atoms with Crippen molar-refractivity contribution < 1.29 is 84.0 Å². The number of aliphatic hydroxyl groups is 6. The molecule has 15 atom stereocenters. The number of hydrogen-bond donors (Lipinski definition) is 9. The molecule has 43 heavy (non-hydrogen) atoms. The molecule has 0 aliphatic carbocycles. The average molecular weight is 627 g/mol. The van der Waals surface area contributed by atoms with Gasteiger partial charge in [0.2, 0.25) is 0 Å². The van der Waals surface area contributed by atoms with E-state index in [-0.39, 0.29) is 0 Å². The molecule has 0 aromatic rings. The third-order valence-electron chi connectivity index (χ3n) is 7.90. The lowest BCUT2D eigenvalue weighted by Crippen LogP contribution is -2.68. The molecule has 3 saturated heterocycles. The second-order valence-electron chi connectivity index (χ2n) is 13.2. The minimum Gasteiger partial charge on any atom is -0.479 e. The van der Waals surface area contributed by atoms with Crippen LogP contribution in [0.3, 0.4) is 0 Å². The van der Waals surface area contributed by atoms with Crippen molar-refractivity contribution in [3.8, 4) is 0 Å². The maximum Gasteiger partial charge on any atom is 0.335 e. The molecule has 17 nitrogen and oxygen atoms in total. The van der Waals surface area contributed by atoms with Crippen molar-refractivity contribution in [2.24, 2.45) is 16.7 Å². The topological polar surface area (TPSA) is 279 Å². The standard InChI is InChI=1S/C26H42O17/c1-25(2,3)7-8(27)12(31)23(40-14(7)20(33)34)42-16-10(29)13(32)24(43-18(16)22(37)38)41-15-9(28)11(30)19(26(4,5)6)39-17(15)21(35)36/h7-19,23-24,27-32H,1-6H3,(H,33,34)(H,35,36)(H,37,38)/t7-,8?,9?,10?,11+,12+,13+,14?,15-,16-,17?,18?,19-,23+,24-/m0/s1. The van der Waals surface area contributed by atoms with Gasteiger partial charge in [-0.05, 0) is 10.8 Å². The van der Waals surface area contributed by atoms with Crippen LogP contribution in [0.1, 0.15) is 41.5 Å². The Labute approximate surface area is 246 Å². The van der Waals surface area contributed by atoms with E-state index >= 15 is 0 Å². The fourth-order valence-electron chi connectivity index (χ4n) is 5.70. The maximum absolute atomic E-state index is 12.1. The Bertz CT molecular complexity index is 1020. The summed E-state index contributed by atoms with van der Waals surface area (Å²) in [7, 11) is 0. The first kappa shape index (κ1) is 35.4. The van der Waals surface area contributed by atoms with Gasteiger partial charge in [0, 0.05) is 5.92 Å². The Morgan fingerprint density at radius 3 is 1.28 bits per heavy atom. The maximum atomic E-state index is 12.1. The second-order valence-corrected chi connectivity index (χ2v) is 13.2. The lowest BCUT2D eigenvalue weighted by Gasteiger charge is -2.49. The number of aliphatic carboxylic acids is 3. The lowest BCUT2D eigenvalue weighted by molar-refractivity contribution is -0.365. The average Bonchev–Trinajstić information content (AvgIpc) is 2.86. The fourth-order valence-corrected chi connectivity index (χ4v) is 5.70. The van der Waals surface area contributed by atoms with Crippen LogP contribution in [0.25, 0.3) is 0 Å². The summed E-state index contributed by atoms with van der Waals surface area (Å²) in [5.41, 5.74) is -1.71. The van der Waals surface area contributed by atoms with Gasteiger partial charge in [-0.2, -0.15) is 0 Å². The minimum absolute atomic E-state index is 0.832. The van der Waals surface area contributed by atoms with Gasteiger partial charge in [0.15, 0.2) is 30.9 Å². The van der Waals surface area contributed by atoms with Crippen molar-refractivity contribution in [1.82, 2.24) is 0 Å². The molecule has 0 amide bonds. The van der Waals surface area contributed by atoms with Gasteiger partial charge >= 0.3 is 17.9 Å². The van der Waals surface area contributed by atoms with Crippen LogP contribution in [0, 0.1) is 16.7 Å². The van der Waals surface area contributed by atoms with Gasteiger partial charge in [0.1, 0.15) is 42.7 Å². The van der Waals surface area contributed by atoms with Crippen LogP contribution in [-0.4, -0.2) is 150 Å². The number of rotatable bonds is 7. The first-order valence-corrected chi connectivity index (χ1v) is 13.6. The molecule has 3 aliphatic heterocycles. The van der Waals surface area contributed by atoms with Crippen molar-refractivity contribution in [2.45, 2.75) is 127 Å². The molecule has 17 heteroatoms. The summed E-state index contributed by atoms with van der Waals surface area (Å²) in [4.78, 5) is 36.0.